The first-order valence-corrected chi connectivity index (χ1v) is 10.8. The highest BCUT2D eigenvalue weighted by atomic mass is 79.9. The van der Waals surface area contributed by atoms with Gasteiger partial charge in [0.1, 0.15) is 29.7 Å². The van der Waals surface area contributed by atoms with Gasteiger partial charge in [0.05, 0.1) is 11.4 Å². The van der Waals surface area contributed by atoms with Crippen LogP contribution in [0, 0.1) is 6.92 Å². The van der Waals surface area contributed by atoms with Gasteiger partial charge in [0.25, 0.3) is 0 Å². The molecule has 3 aromatic rings. The van der Waals surface area contributed by atoms with Gasteiger partial charge in [0, 0.05) is 11.3 Å². The van der Waals surface area contributed by atoms with Gasteiger partial charge >= 0.3 is 0 Å². The van der Waals surface area contributed by atoms with E-state index in [2.05, 4.69) is 49.2 Å². The van der Waals surface area contributed by atoms with Gasteiger partial charge in [-0.3, -0.25) is 4.98 Å². The van der Waals surface area contributed by atoms with Crippen LogP contribution in [0.25, 0.3) is 0 Å². The molecule has 31 heavy (non-hydrogen) atoms. The Labute approximate surface area is 191 Å². The number of halogens is 1. The Bertz CT molecular complexity index is 1080. The summed E-state index contributed by atoms with van der Waals surface area (Å²) < 4.78 is 0.754. The number of nitrogens with zero attached hydrogens (tertiary/aromatic N) is 4. The minimum atomic E-state index is 0.473. The van der Waals surface area contributed by atoms with Gasteiger partial charge < -0.3 is 9.68 Å². The SMILES string of the molecule is CON=C(C)c1cccc(CCCON=C(c2cccc(Br)n2)c2ccccc2C)n1. The minimum absolute atomic E-state index is 0.473. The summed E-state index contributed by atoms with van der Waals surface area (Å²) in [6, 6.07) is 19.7. The molecule has 0 bridgehead atoms. The van der Waals surface area contributed by atoms with Gasteiger partial charge in [-0.1, -0.05) is 46.7 Å². The highest BCUT2D eigenvalue weighted by molar-refractivity contribution is 9.10. The molecule has 0 spiro atoms. The van der Waals surface area contributed by atoms with Crippen molar-refractivity contribution in [3.63, 3.8) is 0 Å². The number of hydrogen-bond acceptors (Lipinski definition) is 6. The molecule has 160 valence electrons. The van der Waals surface area contributed by atoms with E-state index in [-0.39, 0.29) is 0 Å². The van der Waals surface area contributed by atoms with Crippen LogP contribution in [0.5, 0.6) is 0 Å². The first-order chi connectivity index (χ1) is 15.1. The van der Waals surface area contributed by atoms with Crippen LogP contribution in [0.1, 0.15) is 41.6 Å². The Balaban J connectivity index is 1.68. The molecule has 2 heterocycles. The number of aromatic nitrogens is 2. The van der Waals surface area contributed by atoms with Crippen molar-refractivity contribution in [3.8, 4) is 0 Å². The first kappa shape index (κ1) is 22.6. The fraction of sp³-hybridized carbons (Fsp3) is 0.250. The third-order valence-electron chi connectivity index (χ3n) is 4.59. The van der Waals surface area contributed by atoms with Crippen molar-refractivity contribution in [2.75, 3.05) is 13.7 Å². The fourth-order valence-electron chi connectivity index (χ4n) is 3.04. The summed E-state index contributed by atoms with van der Waals surface area (Å²) in [6.45, 7) is 4.40. The quantitative estimate of drug-likeness (QED) is 0.180. The smallest absolute Gasteiger partial charge is 0.135 e. The van der Waals surface area contributed by atoms with E-state index in [1.807, 2.05) is 61.5 Å². The first-order valence-electron chi connectivity index (χ1n) is 10.0. The van der Waals surface area contributed by atoms with Gasteiger partial charge in [-0.25, -0.2) is 4.98 Å². The molecule has 0 atom stereocenters. The molecule has 0 amide bonds. The zero-order valence-electron chi connectivity index (χ0n) is 17.9. The monoisotopic (exact) mass is 480 g/mol. The maximum absolute atomic E-state index is 5.70. The van der Waals surface area contributed by atoms with Crippen LogP contribution in [0.15, 0.2) is 75.6 Å². The Morgan fingerprint density at radius 3 is 2.48 bits per heavy atom. The molecule has 3 rings (SSSR count). The number of oxime groups is 2. The molecule has 0 unspecified atom stereocenters. The molecule has 7 heteroatoms. The van der Waals surface area contributed by atoms with Crippen molar-refractivity contribution in [2.24, 2.45) is 10.3 Å². The Morgan fingerprint density at radius 2 is 1.71 bits per heavy atom. The van der Waals surface area contributed by atoms with E-state index in [0.29, 0.717) is 12.3 Å². The molecule has 0 radical (unpaired) electrons. The van der Waals surface area contributed by atoms with E-state index in [1.165, 1.54) is 7.11 Å². The summed E-state index contributed by atoms with van der Waals surface area (Å²) in [7, 11) is 1.53. The average molecular weight is 481 g/mol. The third kappa shape index (κ3) is 6.46. The molecule has 0 aliphatic rings. The summed E-state index contributed by atoms with van der Waals surface area (Å²) in [5.41, 5.74) is 6.10. The summed E-state index contributed by atoms with van der Waals surface area (Å²) >= 11 is 3.44. The van der Waals surface area contributed by atoms with Crippen LogP contribution < -0.4 is 0 Å². The van der Waals surface area contributed by atoms with E-state index in [0.717, 1.165) is 51.4 Å². The van der Waals surface area contributed by atoms with E-state index in [9.17, 15) is 0 Å². The van der Waals surface area contributed by atoms with E-state index < -0.39 is 0 Å². The lowest BCUT2D eigenvalue weighted by Crippen LogP contribution is -2.09. The van der Waals surface area contributed by atoms with E-state index in [4.69, 9.17) is 9.68 Å². The molecule has 0 aliphatic heterocycles. The molecule has 0 fully saturated rings. The summed E-state index contributed by atoms with van der Waals surface area (Å²) in [6.07, 6.45) is 1.56. The van der Waals surface area contributed by atoms with Crippen LogP contribution in [-0.4, -0.2) is 35.1 Å². The predicted molar refractivity (Wildman–Crippen MR) is 126 cm³/mol. The highest BCUT2D eigenvalue weighted by Crippen LogP contribution is 2.16. The zero-order chi connectivity index (χ0) is 22.1. The van der Waals surface area contributed by atoms with Crippen molar-refractivity contribution >= 4 is 27.4 Å². The Kier molecular flexibility index (Phi) is 8.29. The van der Waals surface area contributed by atoms with Gasteiger partial charge in [-0.2, -0.15) is 0 Å². The van der Waals surface area contributed by atoms with Gasteiger partial charge in [0.15, 0.2) is 0 Å². The van der Waals surface area contributed by atoms with Crippen LogP contribution >= 0.6 is 15.9 Å². The molecule has 1 aromatic carbocycles. The van der Waals surface area contributed by atoms with E-state index in [1.54, 1.807) is 0 Å². The number of aryl methyl sites for hydroxylation is 2. The van der Waals surface area contributed by atoms with Gasteiger partial charge in [-0.05, 0) is 72.4 Å². The Morgan fingerprint density at radius 1 is 0.935 bits per heavy atom. The summed E-state index contributed by atoms with van der Waals surface area (Å²) in [4.78, 5) is 19.7. The molecule has 2 aromatic heterocycles. The number of benzene rings is 1. The van der Waals surface area contributed by atoms with Crippen LogP contribution in [0.2, 0.25) is 0 Å². The highest BCUT2D eigenvalue weighted by Gasteiger charge is 2.12. The lowest BCUT2D eigenvalue weighted by Gasteiger charge is -2.10. The summed E-state index contributed by atoms with van der Waals surface area (Å²) in [5, 5.41) is 8.38. The van der Waals surface area contributed by atoms with Crippen molar-refractivity contribution in [2.45, 2.75) is 26.7 Å². The fourth-order valence-corrected chi connectivity index (χ4v) is 3.39. The Hall–Kier alpha value is -3.06. The van der Waals surface area contributed by atoms with Crippen LogP contribution in [0.3, 0.4) is 0 Å². The normalized spacial score (nSPS) is 12.0. The lowest BCUT2D eigenvalue weighted by atomic mass is 10.0. The largest absolute Gasteiger partial charge is 0.399 e. The molecular weight excluding hydrogens is 456 g/mol. The van der Waals surface area contributed by atoms with Crippen molar-refractivity contribution in [3.05, 3.63) is 93.5 Å². The average Bonchev–Trinajstić information content (AvgIpc) is 2.77. The van der Waals surface area contributed by atoms with E-state index >= 15 is 0 Å². The van der Waals surface area contributed by atoms with Gasteiger partial charge in [-0.15, -0.1) is 0 Å². The van der Waals surface area contributed by atoms with Crippen molar-refractivity contribution in [1.82, 2.24) is 9.97 Å². The zero-order valence-corrected chi connectivity index (χ0v) is 19.5. The second-order valence-electron chi connectivity index (χ2n) is 6.91. The van der Waals surface area contributed by atoms with Crippen molar-refractivity contribution < 1.29 is 9.68 Å². The maximum atomic E-state index is 5.70. The van der Waals surface area contributed by atoms with Gasteiger partial charge in [0.2, 0.25) is 0 Å². The molecule has 0 N–H and O–H groups in total. The maximum Gasteiger partial charge on any atom is 0.135 e. The lowest BCUT2D eigenvalue weighted by molar-refractivity contribution is 0.142. The molecule has 0 aliphatic carbocycles. The molecule has 0 saturated heterocycles. The van der Waals surface area contributed by atoms with Crippen LogP contribution in [0.4, 0.5) is 0 Å². The predicted octanol–water partition coefficient (Wildman–Crippen LogP) is 5.32. The molecule has 6 nitrogen and oxygen atoms in total. The third-order valence-corrected chi connectivity index (χ3v) is 5.03. The second-order valence-corrected chi connectivity index (χ2v) is 7.72. The molecule has 0 saturated carbocycles. The van der Waals surface area contributed by atoms with Crippen LogP contribution in [-0.2, 0) is 16.1 Å². The van der Waals surface area contributed by atoms with Crippen molar-refractivity contribution in [1.29, 1.82) is 0 Å². The number of rotatable bonds is 9. The standard InChI is InChI=1S/C24H25BrN4O2/c1-17-9-4-5-12-20(17)24(22-14-7-15-23(25)27-22)29-31-16-8-11-19-10-6-13-21(26-19)18(2)28-30-3/h4-7,9-10,12-15H,8,11,16H2,1-3H3. The minimum Gasteiger partial charge on any atom is -0.399 e. The number of hydrogen-bond donors (Lipinski definition) is 0. The summed E-state index contributed by atoms with van der Waals surface area (Å²) in [5.74, 6) is 0. The number of pyridine rings is 2. The second kappa shape index (κ2) is 11.4. The topological polar surface area (TPSA) is 69.0 Å². The molecular formula is C24H25BrN4O2.